The van der Waals surface area contributed by atoms with E-state index in [1.165, 1.54) is 10.3 Å². The average molecular weight is 258 g/mol. The van der Waals surface area contributed by atoms with E-state index in [2.05, 4.69) is 29.0 Å². The van der Waals surface area contributed by atoms with Crippen LogP contribution in [0.2, 0.25) is 0 Å². The Bertz CT molecular complexity index is 684. The van der Waals surface area contributed by atoms with E-state index < -0.39 is 0 Å². The highest BCUT2D eigenvalue weighted by Gasteiger charge is 2.13. The van der Waals surface area contributed by atoms with Gasteiger partial charge in [-0.15, -0.1) is 11.3 Å². The van der Waals surface area contributed by atoms with Crippen LogP contribution in [-0.4, -0.2) is 21.7 Å². The molecule has 1 aromatic carbocycles. The number of aryl methyl sites for hydroxylation is 1. The summed E-state index contributed by atoms with van der Waals surface area (Å²) in [6.45, 7) is 2.23. The molecule has 0 aliphatic heterocycles. The predicted molar refractivity (Wildman–Crippen MR) is 74.9 cm³/mol. The highest BCUT2D eigenvalue weighted by molar-refractivity contribution is 7.12. The van der Waals surface area contributed by atoms with E-state index in [9.17, 15) is 0 Å². The van der Waals surface area contributed by atoms with Crippen LogP contribution in [-0.2, 0) is 6.42 Å². The van der Waals surface area contributed by atoms with Crippen LogP contribution < -0.4 is 0 Å². The quantitative estimate of drug-likeness (QED) is 0.758. The van der Waals surface area contributed by atoms with E-state index in [-0.39, 0.29) is 6.61 Å². The van der Waals surface area contributed by atoms with Gasteiger partial charge >= 0.3 is 0 Å². The molecule has 0 atom stereocenters. The third kappa shape index (κ3) is 1.83. The van der Waals surface area contributed by atoms with Crippen molar-refractivity contribution in [2.45, 2.75) is 13.3 Å². The van der Waals surface area contributed by atoms with Crippen molar-refractivity contribution in [3.8, 4) is 11.3 Å². The lowest BCUT2D eigenvalue weighted by Gasteiger charge is -1.96. The number of benzene rings is 1. The predicted octanol–water partition coefficient (Wildman–Crippen LogP) is 3.13. The molecule has 0 fully saturated rings. The molecule has 2 heterocycles. The smallest absolute Gasteiger partial charge is 0.0958 e. The molecule has 0 saturated heterocycles. The molecule has 3 rings (SSSR count). The first-order valence-corrected chi connectivity index (χ1v) is 6.75. The Kier molecular flexibility index (Phi) is 2.89. The summed E-state index contributed by atoms with van der Waals surface area (Å²) < 4.78 is 0. The van der Waals surface area contributed by atoms with Gasteiger partial charge in [-0.05, 0) is 13.0 Å². The normalized spacial score (nSPS) is 11.2. The number of aliphatic hydroxyl groups is 1. The molecule has 4 heteroatoms. The van der Waals surface area contributed by atoms with Gasteiger partial charge < -0.3 is 10.1 Å². The fourth-order valence-corrected chi connectivity index (χ4v) is 3.11. The topological polar surface area (TPSA) is 48.9 Å². The van der Waals surface area contributed by atoms with Crippen LogP contribution in [0.5, 0.6) is 0 Å². The summed E-state index contributed by atoms with van der Waals surface area (Å²) in [4.78, 5) is 9.10. The number of thiazole rings is 1. The number of nitrogens with one attached hydrogen (secondary N) is 1. The van der Waals surface area contributed by atoms with E-state index >= 15 is 0 Å². The number of hydrogen-bond donors (Lipinski definition) is 2. The molecule has 3 aromatic rings. The summed E-state index contributed by atoms with van der Waals surface area (Å²) in [7, 11) is 0. The monoisotopic (exact) mass is 258 g/mol. The molecular formula is C14H14N2OS. The standard InChI is InChI=1S/C14H14N2OS/c1-9-14(16-13(18-9)6-7-17)11-8-15-12-5-3-2-4-10(11)12/h2-5,8,15,17H,6-7H2,1H3. The van der Waals surface area contributed by atoms with Gasteiger partial charge in [0.2, 0.25) is 0 Å². The summed E-state index contributed by atoms with van der Waals surface area (Å²) in [6.07, 6.45) is 2.64. The number of rotatable bonds is 3. The van der Waals surface area contributed by atoms with Gasteiger partial charge in [-0.25, -0.2) is 4.98 Å². The molecule has 0 spiro atoms. The Hall–Kier alpha value is -1.65. The van der Waals surface area contributed by atoms with Gasteiger partial charge in [0.05, 0.1) is 10.7 Å². The molecule has 18 heavy (non-hydrogen) atoms. The second kappa shape index (κ2) is 4.55. The highest BCUT2D eigenvalue weighted by Crippen LogP contribution is 2.32. The Morgan fingerprint density at radius 3 is 3.00 bits per heavy atom. The summed E-state index contributed by atoms with van der Waals surface area (Å²) in [6, 6.07) is 8.23. The van der Waals surface area contributed by atoms with E-state index in [4.69, 9.17) is 5.11 Å². The van der Waals surface area contributed by atoms with Crippen LogP contribution in [0.1, 0.15) is 9.88 Å². The van der Waals surface area contributed by atoms with Crippen LogP contribution in [0.15, 0.2) is 30.5 Å². The second-order valence-corrected chi connectivity index (χ2v) is 5.52. The van der Waals surface area contributed by atoms with Crippen LogP contribution in [0.4, 0.5) is 0 Å². The molecule has 2 N–H and O–H groups in total. The molecule has 3 nitrogen and oxygen atoms in total. The minimum absolute atomic E-state index is 0.153. The number of nitrogens with zero attached hydrogens (tertiary/aromatic N) is 1. The third-order valence-corrected chi connectivity index (χ3v) is 4.04. The minimum Gasteiger partial charge on any atom is -0.396 e. The number of aromatic nitrogens is 2. The van der Waals surface area contributed by atoms with Gasteiger partial charge in [-0.1, -0.05) is 18.2 Å². The minimum atomic E-state index is 0.153. The molecule has 0 amide bonds. The Labute approximate surface area is 109 Å². The first-order valence-electron chi connectivity index (χ1n) is 5.93. The average Bonchev–Trinajstić information content (AvgIpc) is 2.93. The molecule has 0 unspecified atom stereocenters. The number of aliphatic hydroxyl groups excluding tert-OH is 1. The summed E-state index contributed by atoms with van der Waals surface area (Å²) in [5.41, 5.74) is 3.30. The van der Waals surface area contributed by atoms with Gasteiger partial charge in [0.15, 0.2) is 0 Å². The van der Waals surface area contributed by atoms with E-state index in [0.29, 0.717) is 6.42 Å². The SMILES string of the molecule is Cc1sc(CCO)nc1-c1c[nH]c2ccccc12. The summed E-state index contributed by atoms with van der Waals surface area (Å²) in [5.74, 6) is 0. The van der Waals surface area contributed by atoms with Crippen molar-refractivity contribution in [3.05, 3.63) is 40.3 Å². The van der Waals surface area contributed by atoms with Crippen molar-refractivity contribution in [2.24, 2.45) is 0 Å². The lowest BCUT2D eigenvalue weighted by atomic mass is 10.1. The third-order valence-electron chi connectivity index (χ3n) is 3.01. The maximum atomic E-state index is 8.98. The Morgan fingerprint density at radius 2 is 2.17 bits per heavy atom. The lowest BCUT2D eigenvalue weighted by molar-refractivity contribution is 0.299. The van der Waals surface area contributed by atoms with Crippen molar-refractivity contribution in [2.75, 3.05) is 6.61 Å². The van der Waals surface area contributed by atoms with Gasteiger partial charge in [-0.2, -0.15) is 0 Å². The molecule has 0 aliphatic rings. The largest absolute Gasteiger partial charge is 0.396 e. The van der Waals surface area contributed by atoms with Crippen LogP contribution in [0.3, 0.4) is 0 Å². The summed E-state index contributed by atoms with van der Waals surface area (Å²) in [5, 5.41) is 11.2. The van der Waals surface area contributed by atoms with Gasteiger partial charge in [0.25, 0.3) is 0 Å². The van der Waals surface area contributed by atoms with Crippen LogP contribution in [0.25, 0.3) is 22.2 Å². The zero-order chi connectivity index (χ0) is 12.5. The molecule has 0 radical (unpaired) electrons. The van der Waals surface area contributed by atoms with Crippen molar-refractivity contribution in [1.82, 2.24) is 9.97 Å². The maximum Gasteiger partial charge on any atom is 0.0958 e. The first-order chi connectivity index (χ1) is 8.79. The maximum absolute atomic E-state index is 8.98. The number of H-pyrrole nitrogens is 1. The molecule has 92 valence electrons. The fourth-order valence-electron chi connectivity index (χ4n) is 2.17. The van der Waals surface area contributed by atoms with Crippen LogP contribution >= 0.6 is 11.3 Å². The zero-order valence-corrected chi connectivity index (χ0v) is 10.9. The molecule has 0 aliphatic carbocycles. The van der Waals surface area contributed by atoms with Crippen molar-refractivity contribution in [1.29, 1.82) is 0 Å². The second-order valence-electron chi connectivity index (χ2n) is 4.23. The van der Waals surface area contributed by atoms with Gasteiger partial charge in [-0.3, -0.25) is 0 Å². The van der Waals surface area contributed by atoms with Crippen molar-refractivity contribution >= 4 is 22.2 Å². The van der Waals surface area contributed by atoms with E-state index in [1.807, 2.05) is 18.3 Å². The highest BCUT2D eigenvalue weighted by atomic mass is 32.1. The lowest BCUT2D eigenvalue weighted by Crippen LogP contribution is -1.88. The van der Waals surface area contributed by atoms with Gasteiger partial charge in [0, 0.05) is 40.6 Å². The summed E-state index contributed by atoms with van der Waals surface area (Å²) >= 11 is 1.66. The Morgan fingerprint density at radius 1 is 1.33 bits per heavy atom. The number of aromatic amines is 1. The zero-order valence-electron chi connectivity index (χ0n) is 10.1. The van der Waals surface area contributed by atoms with E-state index in [0.717, 1.165) is 21.8 Å². The fraction of sp³-hybridized carbons (Fsp3) is 0.214. The number of hydrogen-bond acceptors (Lipinski definition) is 3. The van der Waals surface area contributed by atoms with Crippen molar-refractivity contribution in [3.63, 3.8) is 0 Å². The first kappa shape index (κ1) is 11.4. The van der Waals surface area contributed by atoms with Gasteiger partial charge in [0.1, 0.15) is 0 Å². The van der Waals surface area contributed by atoms with E-state index in [1.54, 1.807) is 11.3 Å². The molecule has 0 saturated carbocycles. The van der Waals surface area contributed by atoms with Crippen molar-refractivity contribution < 1.29 is 5.11 Å². The van der Waals surface area contributed by atoms with Crippen LogP contribution in [0, 0.1) is 6.92 Å². The molecular weight excluding hydrogens is 244 g/mol. The molecule has 0 bridgehead atoms. The number of para-hydroxylation sites is 1. The number of fused-ring (bicyclic) bond motifs is 1. The Balaban J connectivity index is 2.14. The molecule has 2 aromatic heterocycles.